The average Bonchev–Trinajstić information content (AvgIpc) is 3.10. The highest BCUT2D eigenvalue weighted by atomic mass is 32.1. The number of nitrogens with zero attached hydrogens (tertiary/aromatic N) is 2. The molecule has 1 fully saturated rings. The lowest BCUT2D eigenvalue weighted by Gasteiger charge is -2.31. The number of carbonyl (C=O) groups is 2. The summed E-state index contributed by atoms with van der Waals surface area (Å²) < 4.78 is 0. The van der Waals surface area contributed by atoms with E-state index in [1.165, 1.54) is 16.9 Å². The summed E-state index contributed by atoms with van der Waals surface area (Å²) >= 11 is 1.47. The molecule has 0 spiro atoms. The molecule has 156 valence electrons. The number of likely N-dealkylation sites (tertiary alicyclic amines) is 1. The minimum absolute atomic E-state index is 0.0702. The molecule has 1 aromatic heterocycles. The highest BCUT2D eigenvalue weighted by molar-refractivity contribution is 7.17. The van der Waals surface area contributed by atoms with Crippen LogP contribution in [0.1, 0.15) is 60.5 Å². The molecule has 0 bridgehead atoms. The molecule has 0 unspecified atom stereocenters. The van der Waals surface area contributed by atoms with Gasteiger partial charge in [0.1, 0.15) is 9.88 Å². The van der Waals surface area contributed by atoms with Crippen molar-refractivity contribution in [3.63, 3.8) is 0 Å². The van der Waals surface area contributed by atoms with E-state index in [9.17, 15) is 9.59 Å². The van der Waals surface area contributed by atoms with Gasteiger partial charge >= 0.3 is 0 Å². The van der Waals surface area contributed by atoms with Gasteiger partial charge in [0.05, 0.1) is 5.69 Å². The molecule has 1 N–H and O–H groups in total. The molecule has 3 rings (SSSR count). The number of rotatable bonds is 6. The fraction of sp³-hybridized carbons (Fsp3) is 0.522. The number of piperidine rings is 1. The number of benzene rings is 1. The minimum atomic E-state index is 0.0702. The predicted octanol–water partition coefficient (Wildman–Crippen LogP) is 4.58. The van der Waals surface area contributed by atoms with Crippen molar-refractivity contribution < 1.29 is 9.59 Å². The monoisotopic (exact) mass is 413 g/mol. The molecular formula is C23H31N3O2S. The molecule has 1 aliphatic rings. The Morgan fingerprint density at radius 2 is 1.86 bits per heavy atom. The second-order valence-electron chi connectivity index (χ2n) is 8.12. The summed E-state index contributed by atoms with van der Waals surface area (Å²) in [5.41, 5.74) is 3.05. The number of hydrogen-bond donors (Lipinski definition) is 1. The van der Waals surface area contributed by atoms with E-state index in [1.54, 1.807) is 0 Å². The Hall–Kier alpha value is -2.21. The SMILES string of the molecule is CC[C@H](C)NC(=O)CC1CCN(C(=O)c2sc(-c3ccc(C)cc3)nc2C)CC1. The maximum absolute atomic E-state index is 13.0. The smallest absolute Gasteiger partial charge is 0.265 e. The number of amides is 2. The summed E-state index contributed by atoms with van der Waals surface area (Å²) in [6, 6.07) is 8.46. The second-order valence-corrected chi connectivity index (χ2v) is 9.12. The summed E-state index contributed by atoms with van der Waals surface area (Å²) in [5, 5.41) is 3.93. The van der Waals surface area contributed by atoms with Crippen molar-refractivity contribution in [3.05, 3.63) is 40.4 Å². The highest BCUT2D eigenvalue weighted by Crippen LogP contribution is 2.30. The summed E-state index contributed by atoms with van der Waals surface area (Å²) in [6.45, 7) is 9.48. The molecule has 2 heterocycles. The number of hydrogen-bond acceptors (Lipinski definition) is 4. The van der Waals surface area contributed by atoms with Crippen molar-refractivity contribution in [1.82, 2.24) is 15.2 Å². The number of aromatic nitrogens is 1. The van der Waals surface area contributed by atoms with Crippen LogP contribution in [-0.2, 0) is 4.79 Å². The van der Waals surface area contributed by atoms with Gasteiger partial charge in [-0.2, -0.15) is 0 Å². The van der Waals surface area contributed by atoms with E-state index < -0.39 is 0 Å². The van der Waals surface area contributed by atoms with E-state index in [4.69, 9.17) is 0 Å². The number of nitrogens with one attached hydrogen (secondary N) is 1. The Morgan fingerprint density at radius 1 is 1.21 bits per heavy atom. The lowest BCUT2D eigenvalue weighted by molar-refractivity contribution is -0.122. The Labute approximate surface area is 177 Å². The van der Waals surface area contributed by atoms with Crippen LogP contribution in [0.4, 0.5) is 0 Å². The van der Waals surface area contributed by atoms with E-state index in [-0.39, 0.29) is 17.9 Å². The Morgan fingerprint density at radius 3 is 2.48 bits per heavy atom. The van der Waals surface area contributed by atoms with Gasteiger partial charge in [-0.3, -0.25) is 9.59 Å². The zero-order valence-electron chi connectivity index (χ0n) is 17.8. The molecule has 0 radical (unpaired) electrons. The van der Waals surface area contributed by atoms with E-state index in [1.807, 2.05) is 18.7 Å². The van der Waals surface area contributed by atoms with Gasteiger partial charge in [0, 0.05) is 31.1 Å². The second kappa shape index (κ2) is 9.53. The molecule has 6 heteroatoms. The maximum Gasteiger partial charge on any atom is 0.265 e. The van der Waals surface area contributed by atoms with Gasteiger partial charge in [-0.05, 0) is 46.0 Å². The van der Waals surface area contributed by atoms with Crippen molar-refractivity contribution >= 4 is 23.2 Å². The van der Waals surface area contributed by atoms with Crippen LogP contribution in [0.15, 0.2) is 24.3 Å². The van der Waals surface area contributed by atoms with Crippen LogP contribution in [0.25, 0.3) is 10.6 Å². The first-order chi connectivity index (χ1) is 13.9. The molecule has 2 aromatic rings. The van der Waals surface area contributed by atoms with E-state index in [2.05, 4.69) is 48.4 Å². The van der Waals surface area contributed by atoms with Gasteiger partial charge in [0.25, 0.3) is 5.91 Å². The Bertz CT molecular complexity index is 852. The highest BCUT2D eigenvalue weighted by Gasteiger charge is 2.27. The third-order valence-electron chi connectivity index (χ3n) is 5.68. The lowest BCUT2D eigenvalue weighted by Crippen LogP contribution is -2.40. The van der Waals surface area contributed by atoms with Crippen LogP contribution in [-0.4, -0.2) is 40.8 Å². The Kier molecular flexibility index (Phi) is 7.06. The van der Waals surface area contributed by atoms with Crippen LogP contribution in [0.3, 0.4) is 0 Å². The summed E-state index contributed by atoms with van der Waals surface area (Å²) in [6.07, 6.45) is 3.26. The standard InChI is InChI=1S/C23H31N3O2S/c1-5-16(3)24-20(27)14-18-10-12-26(13-11-18)23(28)21-17(4)25-22(29-21)19-8-6-15(2)7-9-19/h6-9,16,18H,5,10-14H2,1-4H3,(H,24,27)/t16-/m0/s1. The first kappa shape index (κ1) is 21.5. The number of thiazole rings is 1. The van der Waals surface area contributed by atoms with Crippen LogP contribution in [0, 0.1) is 19.8 Å². The minimum Gasteiger partial charge on any atom is -0.354 e. The van der Waals surface area contributed by atoms with E-state index in [0.717, 1.165) is 40.4 Å². The Balaban J connectivity index is 1.58. The van der Waals surface area contributed by atoms with E-state index in [0.29, 0.717) is 25.4 Å². The topological polar surface area (TPSA) is 62.3 Å². The van der Waals surface area contributed by atoms with Gasteiger partial charge in [-0.15, -0.1) is 11.3 Å². The van der Waals surface area contributed by atoms with Gasteiger partial charge < -0.3 is 10.2 Å². The van der Waals surface area contributed by atoms with Crippen molar-refractivity contribution in [3.8, 4) is 10.6 Å². The van der Waals surface area contributed by atoms with Crippen molar-refractivity contribution in [1.29, 1.82) is 0 Å². The lowest BCUT2D eigenvalue weighted by atomic mass is 9.93. The molecule has 0 aliphatic carbocycles. The average molecular weight is 414 g/mol. The molecule has 5 nitrogen and oxygen atoms in total. The molecular weight excluding hydrogens is 382 g/mol. The summed E-state index contributed by atoms with van der Waals surface area (Å²) in [7, 11) is 0. The number of aryl methyl sites for hydroxylation is 2. The van der Waals surface area contributed by atoms with Crippen molar-refractivity contribution in [2.24, 2.45) is 5.92 Å². The van der Waals surface area contributed by atoms with Crippen LogP contribution in [0.5, 0.6) is 0 Å². The summed E-state index contributed by atoms with van der Waals surface area (Å²) in [5.74, 6) is 0.555. The fourth-order valence-electron chi connectivity index (χ4n) is 3.60. The molecule has 2 amide bonds. The summed E-state index contributed by atoms with van der Waals surface area (Å²) in [4.78, 5) is 32.5. The van der Waals surface area contributed by atoms with Crippen molar-refractivity contribution in [2.45, 2.75) is 59.4 Å². The molecule has 1 aromatic carbocycles. The molecule has 1 saturated heterocycles. The van der Waals surface area contributed by atoms with Crippen LogP contribution < -0.4 is 5.32 Å². The molecule has 1 atom stereocenters. The van der Waals surface area contributed by atoms with Crippen LogP contribution >= 0.6 is 11.3 Å². The quantitative estimate of drug-likeness (QED) is 0.754. The zero-order valence-corrected chi connectivity index (χ0v) is 18.6. The fourth-order valence-corrected chi connectivity index (χ4v) is 4.64. The number of carbonyl (C=O) groups excluding carboxylic acids is 2. The van der Waals surface area contributed by atoms with Crippen LogP contribution in [0.2, 0.25) is 0 Å². The molecule has 0 saturated carbocycles. The normalized spacial score (nSPS) is 15.9. The first-order valence-electron chi connectivity index (χ1n) is 10.5. The van der Waals surface area contributed by atoms with Gasteiger partial charge in [-0.25, -0.2) is 4.98 Å². The third-order valence-corrected chi connectivity index (χ3v) is 6.88. The van der Waals surface area contributed by atoms with Crippen molar-refractivity contribution in [2.75, 3.05) is 13.1 Å². The largest absolute Gasteiger partial charge is 0.354 e. The maximum atomic E-state index is 13.0. The third kappa shape index (κ3) is 5.44. The van der Waals surface area contributed by atoms with Gasteiger partial charge in [-0.1, -0.05) is 36.8 Å². The molecule has 1 aliphatic heterocycles. The van der Waals surface area contributed by atoms with Gasteiger partial charge in [0.15, 0.2) is 0 Å². The molecule has 29 heavy (non-hydrogen) atoms. The van der Waals surface area contributed by atoms with Gasteiger partial charge in [0.2, 0.25) is 5.91 Å². The first-order valence-corrected chi connectivity index (χ1v) is 11.3. The van der Waals surface area contributed by atoms with E-state index >= 15 is 0 Å². The zero-order chi connectivity index (χ0) is 21.0. The predicted molar refractivity (Wildman–Crippen MR) is 118 cm³/mol.